The molecule has 1 aromatic carbocycles. The fourth-order valence-electron chi connectivity index (χ4n) is 1.69. The van der Waals surface area contributed by atoms with E-state index in [0.717, 1.165) is 3.57 Å². The number of rotatable bonds is 3. The van der Waals surface area contributed by atoms with E-state index < -0.39 is 7.14 Å². The Morgan fingerprint density at radius 3 is 2.63 bits per heavy atom. The van der Waals surface area contributed by atoms with Crippen molar-refractivity contribution in [3.05, 3.63) is 46.0 Å². The molecule has 0 aliphatic carbocycles. The topological polar surface area (TPSA) is 42.0 Å². The van der Waals surface area contributed by atoms with Gasteiger partial charge in [0.1, 0.15) is 13.0 Å². The van der Waals surface area contributed by atoms with Gasteiger partial charge in [0.15, 0.2) is 0 Å². The van der Waals surface area contributed by atoms with Crippen molar-refractivity contribution in [1.82, 2.24) is 4.98 Å². The number of aromatic nitrogens is 1. The zero-order valence-electron chi connectivity index (χ0n) is 10.5. The molecule has 0 spiro atoms. The zero-order chi connectivity index (χ0) is 14.0. The molecule has 0 aliphatic heterocycles. The Morgan fingerprint density at radius 1 is 1.26 bits per heavy atom. The van der Waals surface area contributed by atoms with E-state index in [2.05, 4.69) is 10.3 Å². The van der Waals surface area contributed by atoms with Crippen molar-refractivity contribution in [2.24, 2.45) is 0 Å². The molecule has 0 radical (unpaired) electrons. The smallest absolute Gasteiger partial charge is 0.147 e. The first-order valence-corrected chi connectivity index (χ1v) is 9.27. The summed E-state index contributed by atoms with van der Waals surface area (Å²) in [5.74, 6) is -0.344. The van der Waals surface area contributed by atoms with Gasteiger partial charge >= 0.3 is 0 Å². The number of nitrogens with zero attached hydrogens (tertiary/aromatic N) is 1. The summed E-state index contributed by atoms with van der Waals surface area (Å²) >= 11 is 2.05. The molecule has 1 aromatic heterocycles. The first-order chi connectivity index (χ1) is 8.88. The third-order valence-electron chi connectivity index (χ3n) is 2.58. The molecule has 19 heavy (non-hydrogen) atoms. The lowest BCUT2D eigenvalue weighted by Gasteiger charge is -2.15. The highest BCUT2D eigenvalue weighted by atomic mass is 127. The van der Waals surface area contributed by atoms with Gasteiger partial charge < -0.3 is 9.88 Å². The number of benzene rings is 1. The summed E-state index contributed by atoms with van der Waals surface area (Å²) in [5.41, 5.74) is 0.930. The maximum Gasteiger partial charge on any atom is 0.147 e. The summed E-state index contributed by atoms with van der Waals surface area (Å²) in [6.45, 7) is 3.36. The van der Waals surface area contributed by atoms with E-state index in [0.29, 0.717) is 16.7 Å². The average molecular weight is 390 g/mol. The first kappa shape index (κ1) is 14.5. The van der Waals surface area contributed by atoms with Gasteiger partial charge in [0.05, 0.1) is 17.6 Å². The van der Waals surface area contributed by atoms with Crippen LogP contribution in [0.1, 0.15) is 0 Å². The summed E-state index contributed by atoms with van der Waals surface area (Å²) < 4.78 is 26.8. The van der Waals surface area contributed by atoms with Crippen molar-refractivity contribution in [3.8, 4) is 0 Å². The third-order valence-corrected chi connectivity index (χ3v) is 4.80. The Labute approximate surface area is 125 Å². The Morgan fingerprint density at radius 2 is 2.00 bits per heavy atom. The summed E-state index contributed by atoms with van der Waals surface area (Å²) in [7, 11) is -2.44. The number of hydrogen-bond donors (Lipinski definition) is 1. The van der Waals surface area contributed by atoms with Gasteiger partial charge in [-0.25, -0.2) is 4.39 Å². The van der Waals surface area contributed by atoms with Crippen molar-refractivity contribution < 1.29 is 8.96 Å². The molecule has 0 aliphatic rings. The van der Waals surface area contributed by atoms with E-state index in [9.17, 15) is 8.96 Å². The lowest BCUT2D eigenvalue weighted by molar-refractivity contribution is 0.588. The van der Waals surface area contributed by atoms with Crippen LogP contribution in [0.15, 0.2) is 36.7 Å². The fourth-order valence-corrected chi connectivity index (χ4v) is 3.26. The fraction of sp³-hybridized carbons (Fsp3) is 0.154. The Bertz CT molecular complexity index is 657. The normalized spacial score (nSPS) is 11.4. The van der Waals surface area contributed by atoms with Crippen LogP contribution in [-0.4, -0.2) is 18.3 Å². The van der Waals surface area contributed by atoms with Crippen LogP contribution >= 0.6 is 29.7 Å². The lowest BCUT2D eigenvalue weighted by Crippen LogP contribution is -2.10. The Hall–Kier alpha value is -0.940. The molecule has 0 bridgehead atoms. The number of anilines is 2. The van der Waals surface area contributed by atoms with Gasteiger partial charge in [-0.1, -0.05) is 0 Å². The van der Waals surface area contributed by atoms with Gasteiger partial charge in [-0.15, -0.1) is 0 Å². The zero-order valence-corrected chi connectivity index (χ0v) is 13.6. The van der Waals surface area contributed by atoms with Gasteiger partial charge in [0.2, 0.25) is 0 Å². The van der Waals surface area contributed by atoms with Gasteiger partial charge in [-0.3, -0.25) is 4.98 Å². The Kier molecular flexibility index (Phi) is 4.26. The predicted molar refractivity (Wildman–Crippen MR) is 85.7 cm³/mol. The van der Waals surface area contributed by atoms with Crippen molar-refractivity contribution in [2.75, 3.05) is 18.6 Å². The molecular weight excluding hydrogens is 377 g/mol. The van der Waals surface area contributed by atoms with Gasteiger partial charge in [-0.2, -0.15) is 0 Å². The summed E-state index contributed by atoms with van der Waals surface area (Å²) in [6.07, 6.45) is 3.15. The van der Waals surface area contributed by atoms with Crippen molar-refractivity contribution in [2.45, 2.75) is 0 Å². The number of halogens is 2. The first-order valence-electron chi connectivity index (χ1n) is 5.59. The largest absolute Gasteiger partial charge is 0.351 e. The highest BCUT2D eigenvalue weighted by Crippen LogP contribution is 2.38. The second-order valence-corrected chi connectivity index (χ2v) is 8.92. The molecule has 0 fully saturated rings. The minimum atomic E-state index is -2.44. The molecule has 1 N–H and O–H groups in total. The number of nitrogens with one attached hydrogen (secondary N) is 1. The summed E-state index contributed by atoms with van der Waals surface area (Å²) in [4.78, 5) is 3.99. The number of pyridine rings is 1. The van der Waals surface area contributed by atoms with Crippen molar-refractivity contribution >= 4 is 46.4 Å². The molecule has 3 nitrogen and oxygen atoms in total. The molecule has 0 atom stereocenters. The van der Waals surface area contributed by atoms with E-state index in [1.807, 2.05) is 22.6 Å². The molecular formula is C13H13FIN2OP. The van der Waals surface area contributed by atoms with Crippen molar-refractivity contribution in [3.63, 3.8) is 0 Å². The summed E-state index contributed by atoms with van der Waals surface area (Å²) in [6, 6.07) is 6.60. The minimum absolute atomic E-state index is 0.344. The van der Waals surface area contributed by atoms with Crippen LogP contribution in [-0.2, 0) is 4.57 Å². The average Bonchev–Trinajstić information content (AvgIpc) is 2.32. The maximum atomic E-state index is 13.8. The van der Waals surface area contributed by atoms with Gasteiger partial charge in [0, 0.05) is 15.1 Å². The molecule has 100 valence electrons. The molecule has 0 amide bonds. The summed E-state index contributed by atoms with van der Waals surface area (Å²) in [5, 5.41) is 3.63. The predicted octanol–water partition coefficient (Wildman–Crippen LogP) is 3.82. The Balaban J connectivity index is 2.42. The SMILES string of the molecule is CP(C)(=O)c1ccncc1Nc1ccc(I)cc1F. The second kappa shape index (κ2) is 5.59. The van der Waals surface area contributed by atoms with Crippen molar-refractivity contribution in [1.29, 1.82) is 0 Å². The molecule has 0 saturated heterocycles. The number of hydrogen-bond acceptors (Lipinski definition) is 3. The highest BCUT2D eigenvalue weighted by molar-refractivity contribution is 14.1. The van der Waals surface area contributed by atoms with Crippen LogP contribution in [0.3, 0.4) is 0 Å². The van der Waals surface area contributed by atoms with Crippen LogP contribution < -0.4 is 10.6 Å². The highest BCUT2D eigenvalue weighted by Gasteiger charge is 2.16. The van der Waals surface area contributed by atoms with E-state index in [1.165, 1.54) is 6.07 Å². The molecule has 0 saturated carbocycles. The lowest BCUT2D eigenvalue weighted by atomic mass is 10.3. The quantitative estimate of drug-likeness (QED) is 0.640. The molecule has 0 unspecified atom stereocenters. The molecule has 2 aromatic rings. The van der Waals surface area contributed by atoms with E-state index in [4.69, 9.17) is 0 Å². The van der Waals surface area contributed by atoms with Gasteiger partial charge in [-0.05, 0) is 60.2 Å². The minimum Gasteiger partial charge on any atom is -0.351 e. The standard InChI is InChI=1S/C13H13FIN2OP/c1-19(2,18)13-5-6-16-8-12(13)17-11-4-3-9(15)7-10(11)14/h3-8,17H,1-2H3. The van der Waals surface area contributed by atoms with Crippen LogP contribution in [0.4, 0.5) is 15.8 Å². The molecule has 2 rings (SSSR count). The van der Waals surface area contributed by atoms with Gasteiger partial charge in [0.25, 0.3) is 0 Å². The van der Waals surface area contributed by atoms with Crippen LogP contribution in [0, 0.1) is 9.39 Å². The monoisotopic (exact) mass is 390 g/mol. The van der Waals surface area contributed by atoms with E-state index >= 15 is 0 Å². The third kappa shape index (κ3) is 3.54. The van der Waals surface area contributed by atoms with Crippen LogP contribution in [0.5, 0.6) is 0 Å². The second-order valence-electron chi connectivity index (χ2n) is 4.49. The molecule has 6 heteroatoms. The molecule has 1 heterocycles. The van der Waals surface area contributed by atoms with Crippen LogP contribution in [0.25, 0.3) is 0 Å². The van der Waals surface area contributed by atoms with Crippen LogP contribution in [0.2, 0.25) is 0 Å². The maximum absolute atomic E-state index is 13.8. The van der Waals surface area contributed by atoms with E-state index in [1.54, 1.807) is 43.9 Å². The van der Waals surface area contributed by atoms with E-state index in [-0.39, 0.29) is 5.82 Å².